The molecule has 0 radical (unpaired) electrons. The molecule has 1 N–H and O–H groups in total. The number of nitrogens with zero attached hydrogens (tertiary/aromatic N) is 3. The van der Waals surface area contributed by atoms with Gasteiger partial charge in [-0.15, -0.1) is 10.2 Å². The smallest absolute Gasteiger partial charge is 0.289 e. The lowest BCUT2D eigenvalue weighted by molar-refractivity contribution is 0.0675. The first kappa shape index (κ1) is 19.6. The fourth-order valence-electron chi connectivity index (χ4n) is 3.16. The fourth-order valence-corrected chi connectivity index (χ4v) is 3.87. The molecule has 1 fully saturated rings. The Bertz CT molecular complexity index is 975. The van der Waals surface area contributed by atoms with Crippen LogP contribution in [-0.4, -0.2) is 46.7 Å². The molecule has 1 aromatic carbocycles. The van der Waals surface area contributed by atoms with Gasteiger partial charge in [-0.25, -0.2) is 4.39 Å². The van der Waals surface area contributed by atoms with Gasteiger partial charge in [0.15, 0.2) is 5.76 Å². The number of hydrogen-bond acceptors (Lipinski definition) is 6. The summed E-state index contributed by atoms with van der Waals surface area (Å²) in [4.78, 5) is 14.4. The summed E-state index contributed by atoms with van der Waals surface area (Å²) in [6.45, 7) is 4.22. The number of aromatic nitrogens is 2. The third-order valence-electron chi connectivity index (χ3n) is 4.67. The van der Waals surface area contributed by atoms with Crippen LogP contribution in [0.1, 0.15) is 23.2 Å². The molecule has 1 atom stereocenters. The summed E-state index contributed by atoms with van der Waals surface area (Å²) in [6, 6.07) is 13.7. The van der Waals surface area contributed by atoms with Crippen LogP contribution in [0.25, 0.3) is 11.3 Å². The molecule has 1 amide bonds. The molecule has 29 heavy (non-hydrogen) atoms. The maximum Gasteiger partial charge on any atom is 0.289 e. The number of carbonyl (C=O) groups excluding carboxylic acids is 1. The van der Waals surface area contributed by atoms with E-state index < -0.39 is 0 Å². The molecule has 3 heterocycles. The molecule has 0 aliphatic carbocycles. The topological polar surface area (TPSA) is 71.3 Å². The van der Waals surface area contributed by atoms with Crippen molar-refractivity contribution in [3.63, 3.8) is 0 Å². The van der Waals surface area contributed by atoms with Crippen LogP contribution in [0, 0.1) is 5.82 Å². The number of benzene rings is 1. The average molecular weight is 412 g/mol. The molecule has 3 aromatic rings. The van der Waals surface area contributed by atoms with Gasteiger partial charge in [0, 0.05) is 31.2 Å². The van der Waals surface area contributed by atoms with E-state index in [9.17, 15) is 9.18 Å². The van der Waals surface area contributed by atoms with Gasteiger partial charge < -0.3 is 14.6 Å². The van der Waals surface area contributed by atoms with Gasteiger partial charge in [0.25, 0.3) is 5.91 Å². The number of rotatable bonds is 5. The van der Waals surface area contributed by atoms with Crippen molar-refractivity contribution in [2.45, 2.75) is 23.7 Å². The minimum atomic E-state index is -0.281. The minimum Gasteiger partial charge on any atom is -0.455 e. The number of halogens is 1. The molecule has 8 heteroatoms. The lowest BCUT2D eigenvalue weighted by Crippen LogP contribution is -2.51. The summed E-state index contributed by atoms with van der Waals surface area (Å²) >= 11 is 1.48. The first-order chi connectivity index (χ1) is 14.1. The summed E-state index contributed by atoms with van der Waals surface area (Å²) < 4.78 is 18.8. The monoisotopic (exact) mass is 412 g/mol. The van der Waals surface area contributed by atoms with Crippen molar-refractivity contribution in [1.29, 1.82) is 0 Å². The van der Waals surface area contributed by atoms with E-state index in [1.807, 2.05) is 23.1 Å². The van der Waals surface area contributed by atoms with Crippen LogP contribution in [0.2, 0.25) is 0 Å². The van der Waals surface area contributed by atoms with E-state index in [-0.39, 0.29) is 17.8 Å². The molecular formula is C21H21FN4O2S. The highest BCUT2D eigenvalue weighted by molar-refractivity contribution is 7.98. The Hall–Kier alpha value is -2.71. The summed E-state index contributed by atoms with van der Waals surface area (Å²) in [5.74, 6) is 1.28. The van der Waals surface area contributed by atoms with Crippen LogP contribution < -0.4 is 5.32 Å². The van der Waals surface area contributed by atoms with E-state index in [0.717, 1.165) is 17.1 Å². The first-order valence-corrected chi connectivity index (χ1v) is 10.4. The fraction of sp³-hybridized carbons (Fsp3) is 0.286. The third-order valence-corrected chi connectivity index (χ3v) is 5.61. The maximum absolute atomic E-state index is 13.0. The van der Waals surface area contributed by atoms with Crippen molar-refractivity contribution < 1.29 is 13.6 Å². The first-order valence-electron chi connectivity index (χ1n) is 9.42. The number of carbonyl (C=O) groups is 1. The van der Waals surface area contributed by atoms with Crippen molar-refractivity contribution in [2.75, 3.05) is 19.6 Å². The van der Waals surface area contributed by atoms with Crippen LogP contribution in [-0.2, 0) is 5.75 Å². The quantitative estimate of drug-likeness (QED) is 0.646. The molecular weight excluding hydrogens is 391 g/mol. The van der Waals surface area contributed by atoms with Gasteiger partial charge in [-0.3, -0.25) is 4.79 Å². The lowest BCUT2D eigenvalue weighted by Gasteiger charge is -2.31. The van der Waals surface area contributed by atoms with E-state index in [4.69, 9.17) is 4.42 Å². The average Bonchev–Trinajstić information content (AvgIpc) is 3.22. The number of thioether (sulfide) groups is 1. The second-order valence-electron chi connectivity index (χ2n) is 6.92. The second-order valence-corrected chi connectivity index (χ2v) is 7.92. The molecule has 1 aliphatic rings. The second kappa shape index (κ2) is 8.75. The SMILES string of the molecule is C[C@H]1CN(C(=O)c2ccc(CSc3ccc(-c4ccc(F)cc4)nn3)o2)CCN1. The summed E-state index contributed by atoms with van der Waals surface area (Å²) in [6.07, 6.45) is 0. The van der Waals surface area contributed by atoms with Crippen LogP contribution >= 0.6 is 11.8 Å². The Kier molecular flexibility index (Phi) is 5.92. The normalized spacial score (nSPS) is 16.8. The Morgan fingerprint density at radius 2 is 2.03 bits per heavy atom. The molecule has 0 bridgehead atoms. The van der Waals surface area contributed by atoms with Crippen molar-refractivity contribution >= 4 is 17.7 Å². The zero-order chi connectivity index (χ0) is 20.2. The number of nitrogens with one attached hydrogen (secondary N) is 1. The number of amides is 1. The highest BCUT2D eigenvalue weighted by Crippen LogP contribution is 2.24. The highest BCUT2D eigenvalue weighted by atomic mass is 32.2. The van der Waals surface area contributed by atoms with Crippen LogP contribution in [0.15, 0.2) is 58.0 Å². The molecule has 0 spiro atoms. The van der Waals surface area contributed by atoms with Crippen LogP contribution in [0.3, 0.4) is 0 Å². The largest absolute Gasteiger partial charge is 0.455 e. The zero-order valence-corrected chi connectivity index (χ0v) is 16.8. The number of furan rings is 1. The van der Waals surface area contributed by atoms with Crippen LogP contribution in [0.5, 0.6) is 0 Å². The summed E-state index contributed by atoms with van der Waals surface area (Å²) in [5, 5.41) is 12.5. The summed E-state index contributed by atoms with van der Waals surface area (Å²) in [7, 11) is 0. The van der Waals surface area contributed by atoms with Crippen LogP contribution in [0.4, 0.5) is 4.39 Å². The van der Waals surface area contributed by atoms with Gasteiger partial charge in [0.1, 0.15) is 16.6 Å². The van der Waals surface area contributed by atoms with Crippen molar-refractivity contribution in [3.8, 4) is 11.3 Å². The Morgan fingerprint density at radius 1 is 1.21 bits per heavy atom. The Balaban J connectivity index is 1.35. The van der Waals surface area contributed by atoms with Gasteiger partial charge in [0.2, 0.25) is 0 Å². The molecule has 0 unspecified atom stereocenters. The van der Waals surface area contributed by atoms with Gasteiger partial charge >= 0.3 is 0 Å². The molecule has 0 saturated carbocycles. The molecule has 1 aliphatic heterocycles. The van der Waals surface area contributed by atoms with Gasteiger partial charge in [-0.1, -0.05) is 11.8 Å². The van der Waals surface area contributed by atoms with Gasteiger partial charge in [0.05, 0.1) is 11.4 Å². The van der Waals surface area contributed by atoms with Gasteiger partial charge in [-0.05, 0) is 55.5 Å². The molecule has 6 nitrogen and oxygen atoms in total. The zero-order valence-electron chi connectivity index (χ0n) is 16.0. The molecule has 150 valence electrons. The standard InChI is InChI=1S/C21H21FN4O2S/c1-14-12-26(11-10-23-14)21(27)19-8-6-17(28-19)13-29-20-9-7-18(24-25-20)15-2-4-16(22)5-3-15/h2-9,14,23H,10-13H2,1H3/t14-/m0/s1. The lowest BCUT2D eigenvalue weighted by atomic mass is 10.1. The summed E-state index contributed by atoms with van der Waals surface area (Å²) in [5.41, 5.74) is 1.50. The molecule has 4 rings (SSSR count). The maximum atomic E-state index is 13.0. The van der Waals surface area contributed by atoms with Crippen molar-refractivity contribution in [3.05, 3.63) is 65.9 Å². The third kappa shape index (κ3) is 4.83. The highest BCUT2D eigenvalue weighted by Gasteiger charge is 2.23. The predicted molar refractivity (Wildman–Crippen MR) is 109 cm³/mol. The van der Waals surface area contributed by atoms with E-state index in [1.54, 1.807) is 18.2 Å². The Labute approximate surface area is 172 Å². The van der Waals surface area contributed by atoms with Gasteiger partial charge in [-0.2, -0.15) is 0 Å². The van der Waals surface area contributed by atoms with E-state index in [2.05, 4.69) is 22.4 Å². The van der Waals surface area contributed by atoms with E-state index >= 15 is 0 Å². The number of piperazine rings is 1. The minimum absolute atomic E-state index is 0.0713. The molecule has 2 aromatic heterocycles. The predicted octanol–water partition coefficient (Wildman–Crippen LogP) is 3.60. The van der Waals surface area contributed by atoms with E-state index in [1.165, 1.54) is 23.9 Å². The number of hydrogen-bond donors (Lipinski definition) is 1. The van der Waals surface area contributed by atoms with Crippen molar-refractivity contribution in [1.82, 2.24) is 20.4 Å². The van der Waals surface area contributed by atoms with Crippen molar-refractivity contribution in [2.24, 2.45) is 0 Å². The van der Waals surface area contributed by atoms with E-state index in [0.29, 0.717) is 36.1 Å². The Morgan fingerprint density at radius 3 is 2.76 bits per heavy atom. The molecule has 1 saturated heterocycles.